The summed E-state index contributed by atoms with van der Waals surface area (Å²) in [5.41, 5.74) is -0.341. The van der Waals surface area contributed by atoms with Gasteiger partial charge in [0.1, 0.15) is 5.56 Å². The molecule has 1 aromatic heterocycles. The maximum absolute atomic E-state index is 13.8. The van der Waals surface area contributed by atoms with Crippen LogP contribution in [0.2, 0.25) is 0 Å². The molecule has 4 nitrogen and oxygen atoms in total. The second-order valence-electron chi connectivity index (χ2n) is 4.26. The van der Waals surface area contributed by atoms with Crippen LogP contribution in [-0.4, -0.2) is 34.1 Å². The van der Waals surface area contributed by atoms with Crippen molar-refractivity contribution in [2.45, 2.75) is 12.8 Å². The van der Waals surface area contributed by atoms with Gasteiger partial charge in [-0.1, -0.05) is 0 Å². The molecule has 0 aromatic carbocycles. The minimum absolute atomic E-state index is 0.0353. The number of carboxylic acids is 1. The summed E-state index contributed by atoms with van der Waals surface area (Å²) in [7, 11) is 0. The van der Waals surface area contributed by atoms with E-state index in [1.54, 1.807) is 0 Å². The molecule has 98 valence electrons. The molecule has 1 aliphatic rings. The molecule has 1 aliphatic heterocycles. The second-order valence-corrected chi connectivity index (χ2v) is 5.49. The van der Waals surface area contributed by atoms with Crippen LogP contribution in [0.4, 0.5) is 10.2 Å². The zero-order valence-electron chi connectivity index (χ0n) is 9.86. The van der Waals surface area contributed by atoms with Gasteiger partial charge in [0.05, 0.1) is 0 Å². The largest absolute Gasteiger partial charge is 0.478 e. The monoisotopic (exact) mass is 270 g/mol. The minimum Gasteiger partial charge on any atom is -0.478 e. The molecular formula is C12H15FN2O2S. The van der Waals surface area contributed by atoms with Crippen LogP contribution in [0.15, 0.2) is 12.3 Å². The lowest BCUT2D eigenvalue weighted by atomic mass is 10.0. The Morgan fingerprint density at radius 2 is 2.28 bits per heavy atom. The Morgan fingerprint density at radius 1 is 1.56 bits per heavy atom. The van der Waals surface area contributed by atoms with Gasteiger partial charge in [-0.05, 0) is 36.3 Å². The predicted molar refractivity (Wildman–Crippen MR) is 69.7 cm³/mol. The molecule has 2 heterocycles. The van der Waals surface area contributed by atoms with E-state index in [4.69, 9.17) is 5.11 Å². The average molecular weight is 270 g/mol. The summed E-state index contributed by atoms with van der Waals surface area (Å²) in [6.07, 6.45) is 3.53. The van der Waals surface area contributed by atoms with Gasteiger partial charge in [0.2, 0.25) is 0 Å². The van der Waals surface area contributed by atoms with E-state index in [1.165, 1.54) is 12.3 Å². The number of hydrogen-bond donors (Lipinski definition) is 2. The normalized spacial score (nSPS) is 16.5. The zero-order valence-corrected chi connectivity index (χ0v) is 10.7. The number of rotatable bonds is 4. The number of carbonyl (C=O) groups is 1. The topological polar surface area (TPSA) is 62.2 Å². The van der Waals surface area contributed by atoms with Crippen LogP contribution < -0.4 is 5.32 Å². The summed E-state index contributed by atoms with van der Waals surface area (Å²) in [6, 6.07) is 1.17. The number of hydrogen-bond acceptors (Lipinski definition) is 4. The Labute approximate surface area is 109 Å². The van der Waals surface area contributed by atoms with Crippen molar-refractivity contribution in [2.75, 3.05) is 23.4 Å². The molecule has 18 heavy (non-hydrogen) atoms. The van der Waals surface area contributed by atoms with Crippen LogP contribution >= 0.6 is 11.8 Å². The summed E-state index contributed by atoms with van der Waals surface area (Å²) < 4.78 is 13.8. The van der Waals surface area contributed by atoms with E-state index in [0.717, 1.165) is 24.3 Å². The standard InChI is InChI=1S/C12H15FN2O2S/c13-10-9(12(16)17)1-4-14-11(10)15-7-8-2-5-18-6-3-8/h1,4,8H,2-3,5-7H2,(H,14,15)(H,16,17). The molecule has 0 aliphatic carbocycles. The van der Waals surface area contributed by atoms with E-state index in [2.05, 4.69) is 10.3 Å². The van der Waals surface area contributed by atoms with Crippen molar-refractivity contribution < 1.29 is 14.3 Å². The lowest BCUT2D eigenvalue weighted by molar-refractivity contribution is 0.0692. The number of anilines is 1. The molecular weight excluding hydrogens is 255 g/mol. The Balaban J connectivity index is 2.00. The fourth-order valence-electron chi connectivity index (χ4n) is 1.92. The van der Waals surface area contributed by atoms with E-state index in [9.17, 15) is 9.18 Å². The maximum Gasteiger partial charge on any atom is 0.338 e. The van der Waals surface area contributed by atoms with Crippen molar-refractivity contribution >= 4 is 23.5 Å². The summed E-state index contributed by atoms with van der Waals surface area (Å²) in [6.45, 7) is 0.646. The lowest BCUT2D eigenvalue weighted by Crippen LogP contribution is -2.20. The van der Waals surface area contributed by atoms with Crippen molar-refractivity contribution in [2.24, 2.45) is 5.92 Å². The molecule has 2 N–H and O–H groups in total. The number of aromatic nitrogens is 1. The molecule has 0 radical (unpaired) electrons. The summed E-state index contributed by atoms with van der Waals surface area (Å²) in [5, 5.41) is 11.7. The van der Waals surface area contributed by atoms with Crippen LogP contribution in [0.25, 0.3) is 0 Å². The van der Waals surface area contributed by atoms with E-state index >= 15 is 0 Å². The number of nitrogens with one attached hydrogen (secondary N) is 1. The van der Waals surface area contributed by atoms with Crippen molar-refractivity contribution in [1.82, 2.24) is 4.98 Å². The summed E-state index contributed by atoms with van der Waals surface area (Å²) >= 11 is 1.93. The third kappa shape index (κ3) is 3.13. The smallest absolute Gasteiger partial charge is 0.338 e. The highest BCUT2D eigenvalue weighted by Gasteiger charge is 2.17. The highest BCUT2D eigenvalue weighted by Crippen LogP contribution is 2.23. The number of aromatic carboxylic acids is 1. The van der Waals surface area contributed by atoms with Gasteiger partial charge in [-0.2, -0.15) is 11.8 Å². The molecule has 0 unspecified atom stereocenters. The fraction of sp³-hybridized carbons (Fsp3) is 0.500. The van der Waals surface area contributed by atoms with Crippen LogP contribution in [-0.2, 0) is 0 Å². The molecule has 2 rings (SSSR count). The third-order valence-corrected chi connectivity index (χ3v) is 4.07. The van der Waals surface area contributed by atoms with Crippen LogP contribution in [0, 0.1) is 11.7 Å². The van der Waals surface area contributed by atoms with E-state index in [1.807, 2.05) is 11.8 Å². The van der Waals surface area contributed by atoms with Crippen LogP contribution in [0.5, 0.6) is 0 Å². The first-order chi connectivity index (χ1) is 8.68. The number of carboxylic acid groups (broad SMARTS) is 1. The van der Waals surface area contributed by atoms with E-state index < -0.39 is 11.8 Å². The molecule has 1 saturated heterocycles. The Bertz CT molecular complexity index is 436. The summed E-state index contributed by atoms with van der Waals surface area (Å²) in [4.78, 5) is 14.6. The summed E-state index contributed by atoms with van der Waals surface area (Å²) in [5.74, 6) is 0.769. The first kappa shape index (κ1) is 13.1. The maximum atomic E-state index is 13.8. The number of pyridine rings is 1. The van der Waals surface area contributed by atoms with Crippen molar-refractivity contribution in [3.05, 3.63) is 23.6 Å². The molecule has 0 spiro atoms. The van der Waals surface area contributed by atoms with Crippen molar-refractivity contribution in [3.8, 4) is 0 Å². The van der Waals surface area contributed by atoms with Gasteiger partial charge < -0.3 is 10.4 Å². The minimum atomic E-state index is -1.27. The molecule has 0 bridgehead atoms. The highest BCUT2D eigenvalue weighted by molar-refractivity contribution is 7.99. The number of nitrogens with zero attached hydrogens (tertiary/aromatic N) is 1. The zero-order chi connectivity index (χ0) is 13.0. The Kier molecular flexibility index (Phi) is 4.41. The molecule has 0 atom stereocenters. The van der Waals surface area contributed by atoms with Gasteiger partial charge in [0.25, 0.3) is 0 Å². The molecule has 0 amide bonds. The van der Waals surface area contributed by atoms with Gasteiger partial charge in [-0.3, -0.25) is 0 Å². The molecule has 0 saturated carbocycles. The van der Waals surface area contributed by atoms with Crippen molar-refractivity contribution in [1.29, 1.82) is 0 Å². The van der Waals surface area contributed by atoms with Crippen molar-refractivity contribution in [3.63, 3.8) is 0 Å². The third-order valence-electron chi connectivity index (χ3n) is 3.02. The first-order valence-corrected chi connectivity index (χ1v) is 7.03. The van der Waals surface area contributed by atoms with Gasteiger partial charge in [-0.15, -0.1) is 0 Å². The highest BCUT2D eigenvalue weighted by atomic mass is 32.2. The second kappa shape index (κ2) is 6.04. The predicted octanol–water partition coefficient (Wildman–Crippen LogP) is 2.47. The Morgan fingerprint density at radius 3 is 2.94 bits per heavy atom. The quantitative estimate of drug-likeness (QED) is 0.880. The van der Waals surface area contributed by atoms with Gasteiger partial charge in [0.15, 0.2) is 11.6 Å². The number of thioether (sulfide) groups is 1. The SMILES string of the molecule is O=C(O)c1ccnc(NCC2CCSCC2)c1F. The number of halogens is 1. The van der Waals surface area contributed by atoms with Gasteiger partial charge in [-0.25, -0.2) is 14.2 Å². The van der Waals surface area contributed by atoms with Crippen LogP contribution in [0.3, 0.4) is 0 Å². The lowest BCUT2D eigenvalue weighted by Gasteiger charge is -2.21. The Hall–Kier alpha value is -1.30. The van der Waals surface area contributed by atoms with Gasteiger partial charge in [0, 0.05) is 12.7 Å². The molecule has 1 fully saturated rings. The van der Waals surface area contributed by atoms with Crippen LogP contribution in [0.1, 0.15) is 23.2 Å². The fourth-order valence-corrected chi connectivity index (χ4v) is 3.13. The van der Waals surface area contributed by atoms with E-state index in [-0.39, 0.29) is 11.4 Å². The molecule has 1 aromatic rings. The average Bonchev–Trinajstić information content (AvgIpc) is 2.38. The first-order valence-electron chi connectivity index (χ1n) is 5.88. The van der Waals surface area contributed by atoms with Gasteiger partial charge >= 0.3 is 5.97 Å². The molecule has 6 heteroatoms. The van der Waals surface area contributed by atoms with E-state index in [0.29, 0.717) is 12.5 Å².